The molecule has 0 unspecified atom stereocenters. The number of carbonyl (C=O) groups is 3. The van der Waals surface area contributed by atoms with Crippen LogP contribution in [0.3, 0.4) is 0 Å². The van der Waals surface area contributed by atoms with Crippen LogP contribution in [0.25, 0.3) is 6.08 Å². The summed E-state index contributed by atoms with van der Waals surface area (Å²) in [7, 11) is 0. The van der Waals surface area contributed by atoms with Gasteiger partial charge in [0.15, 0.2) is 0 Å². The molecule has 6 nitrogen and oxygen atoms in total. The Hall–Kier alpha value is -2.34. The van der Waals surface area contributed by atoms with Crippen LogP contribution in [0, 0.1) is 6.92 Å². The Bertz CT molecular complexity index is 688. The van der Waals surface area contributed by atoms with E-state index in [1.54, 1.807) is 12.1 Å². The van der Waals surface area contributed by atoms with Gasteiger partial charge >= 0.3 is 0 Å². The highest BCUT2D eigenvalue weighted by Crippen LogP contribution is 2.17. The predicted molar refractivity (Wildman–Crippen MR) is 96.6 cm³/mol. The molecule has 1 aromatic carbocycles. The van der Waals surface area contributed by atoms with Crippen molar-refractivity contribution in [1.82, 2.24) is 15.8 Å². The molecule has 25 heavy (non-hydrogen) atoms. The fourth-order valence-electron chi connectivity index (χ4n) is 2.48. The van der Waals surface area contributed by atoms with Crippen LogP contribution >= 0.6 is 11.6 Å². The van der Waals surface area contributed by atoms with Gasteiger partial charge in [-0.15, -0.1) is 0 Å². The van der Waals surface area contributed by atoms with E-state index in [9.17, 15) is 14.4 Å². The van der Waals surface area contributed by atoms with Crippen molar-refractivity contribution in [1.29, 1.82) is 0 Å². The van der Waals surface area contributed by atoms with Gasteiger partial charge in [-0.3, -0.25) is 25.2 Å². The minimum atomic E-state index is -0.466. The van der Waals surface area contributed by atoms with E-state index >= 15 is 0 Å². The Morgan fingerprint density at radius 3 is 2.80 bits per heavy atom. The molecule has 1 aliphatic heterocycles. The first-order valence-corrected chi connectivity index (χ1v) is 8.64. The number of carbonyl (C=O) groups excluding carboxylic acids is 3. The van der Waals surface area contributed by atoms with Crippen molar-refractivity contribution in [2.24, 2.45) is 0 Å². The van der Waals surface area contributed by atoms with Crippen LogP contribution in [-0.4, -0.2) is 35.7 Å². The highest BCUT2D eigenvalue weighted by molar-refractivity contribution is 6.31. The quantitative estimate of drug-likeness (QED) is 0.636. The number of nitrogens with zero attached hydrogens (tertiary/aromatic N) is 1. The van der Waals surface area contributed by atoms with Crippen LogP contribution in [0.2, 0.25) is 5.02 Å². The lowest BCUT2D eigenvalue weighted by molar-refractivity contribution is -0.136. The fourth-order valence-corrected chi connectivity index (χ4v) is 2.67. The average Bonchev–Trinajstić information content (AvgIpc) is 2.79. The van der Waals surface area contributed by atoms with Gasteiger partial charge in [0.1, 0.15) is 6.54 Å². The molecule has 1 saturated heterocycles. The number of amides is 3. The number of likely N-dealkylation sites (tertiary alicyclic amines) is 1. The zero-order valence-electron chi connectivity index (χ0n) is 14.2. The molecule has 1 aromatic rings. The van der Waals surface area contributed by atoms with E-state index in [2.05, 4.69) is 10.9 Å². The van der Waals surface area contributed by atoms with E-state index < -0.39 is 11.8 Å². The lowest BCUT2D eigenvalue weighted by Crippen LogP contribution is -2.47. The second-order valence-electron chi connectivity index (χ2n) is 6.01. The zero-order chi connectivity index (χ0) is 18.2. The molecule has 2 rings (SSSR count). The van der Waals surface area contributed by atoms with Crippen molar-refractivity contribution in [3.63, 3.8) is 0 Å². The van der Waals surface area contributed by atoms with Crippen LogP contribution in [0.15, 0.2) is 24.3 Å². The van der Waals surface area contributed by atoms with Crippen molar-refractivity contribution in [2.75, 3.05) is 13.1 Å². The van der Waals surface area contributed by atoms with Gasteiger partial charge in [0.2, 0.25) is 5.91 Å². The minimum Gasteiger partial charge on any atom is -0.333 e. The fraction of sp³-hybridized carbons (Fsp3) is 0.389. The highest BCUT2D eigenvalue weighted by atomic mass is 35.5. The SMILES string of the molecule is Cc1ccc(/C=C/C(=O)NNC(=O)CN2CCCCCC2=O)cc1Cl. The van der Waals surface area contributed by atoms with Gasteiger partial charge in [0, 0.05) is 24.1 Å². The smallest absolute Gasteiger partial charge is 0.262 e. The van der Waals surface area contributed by atoms with Crippen LogP contribution in [0.1, 0.15) is 36.8 Å². The van der Waals surface area contributed by atoms with Gasteiger partial charge in [-0.25, -0.2) is 0 Å². The minimum absolute atomic E-state index is 0.0184. The Balaban J connectivity index is 1.78. The lowest BCUT2D eigenvalue weighted by Gasteiger charge is -2.19. The molecule has 7 heteroatoms. The molecule has 1 heterocycles. The maximum absolute atomic E-state index is 11.9. The van der Waals surface area contributed by atoms with E-state index in [1.165, 1.54) is 11.0 Å². The molecule has 0 spiro atoms. The van der Waals surface area contributed by atoms with Crippen molar-refractivity contribution >= 4 is 35.4 Å². The Labute approximate surface area is 152 Å². The topological polar surface area (TPSA) is 78.5 Å². The number of halogens is 1. The summed E-state index contributed by atoms with van der Waals surface area (Å²) in [4.78, 5) is 37.0. The molecule has 0 aliphatic carbocycles. The normalized spacial score (nSPS) is 15.1. The number of hydrogen-bond acceptors (Lipinski definition) is 3. The van der Waals surface area contributed by atoms with Crippen LogP contribution in [-0.2, 0) is 14.4 Å². The van der Waals surface area contributed by atoms with Crippen LogP contribution in [0.5, 0.6) is 0 Å². The first-order chi connectivity index (χ1) is 12.0. The molecular weight excluding hydrogens is 342 g/mol. The Morgan fingerprint density at radius 2 is 2.04 bits per heavy atom. The molecule has 3 amide bonds. The summed E-state index contributed by atoms with van der Waals surface area (Å²) >= 11 is 6.02. The average molecular weight is 364 g/mol. The summed E-state index contributed by atoms with van der Waals surface area (Å²) in [6.45, 7) is 2.43. The van der Waals surface area contributed by atoms with Crippen molar-refractivity contribution in [3.05, 3.63) is 40.4 Å². The van der Waals surface area contributed by atoms with E-state index in [-0.39, 0.29) is 12.5 Å². The number of nitrogens with one attached hydrogen (secondary N) is 2. The standard InChI is InChI=1S/C18H22ClN3O3/c1-13-6-7-14(11-15(13)19)8-9-16(23)20-21-17(24)12-22-10-4-2-3-5-18(22)25/h6-9,11H,2-5,10,12H2,1H3,(H,20,23)(H,21,24)/b9-8+. The summed E-state index contributed by atoms with van der Waals surface area (Å²) in [5.41, 5.74) is 6.36. The van der Waals surface area contributed by atoms with Crippen LogP contribution < -0.4 is 10.9 Å². The molecule has 0 radical (unpaired) electrons. The largest absolute Gasteiger partial charge is 0.333 e. The van der Waals surface area contributed by atoms with Crippen molar-refractivity contribution in [2.45, 2.75) is 32.6 Å². The van der Waals surface area contributed by atoms with Gasteiger partial charge in [0.25, 0.3) is 11.8 Å². The lowest BCUT2D eigenvalue weighted by atomic mass is 10.1. The van der Waals surface area contributed by atoms with E-state index in [4.69, 9.17) is 11.6 Å². The van der Waals surface area contributed by atoms with Gasteiger partial charge in [0.05, 0.1) is 0 Å². The molecule has 2 N–H and O–H groups in total. The van der Waals surface area contributed by atoms with E-state index in [0.717, 1.165) is 30.4 Å². The Kier molecular flexibility index (Phi) is 7.01. The molecule has 0 atom stereocenters. The van der Waals surface area contributed by atoms with Crippen molar-refractivity contribution < 1.29 is 14.4 Å². The molecule has 134 valence electrons. The van der Waals surface area contributed by atoms with Crippen molar-refractivity contribution in [3.8, 4) is 0 Å². The number of hydrogen-bond donors (Lipinski definition) is 2. The Morgan fingerprint density at radius 1 is 1.24 bits per heavy atom. The number of benzene rings is 1. The monoisotopic (exact) mass is 363 g/mol. The number of hydrazine groups is 1. The third-order valence-electron chi connectivity index (χ3n) is 3.95. The third kappa shape index (κ3) is 6.23. The number of aryl methyl sites for hydroxylation is 1. The first kappa shape index (κ1) is 19.0. The summed E-state index contributed by atoms with van der Waals surface area (Å²) in [6.07, 6.45) is 6.13. The summed E-state index contributed by atoms with van der Waals surface area (Å²) < 4.78 is 0. The predicted octanol–water partition coefficient (Wildman–Crippen LogP) is 2.21. The second-order valence-corrected chi connectivity index (χ2v) is 6.41. The number of rotatable bonds is 4. The summed E-state index contributed by atoms with van der Waals surface area (Å²) in [5, 5.41) is 0.623. The van der Waals surface area contributed by atoms with Crippen LogP contribution in [0.4, 0.5) is 0 Å². The van der Waals surface area contributed by atoms with E-state index in [1.807, 2.05) is 19.1 Å². The molecule has 0 saturated carbocycles. The molecule has 0 bridgehead atoms. The van der Waals surface area contributed by atoms with E-state index in [0.29, 0.717) is 18.0 Å². The first-order valence-electron chi connectivity index (χ1n) is 8.26. The summed E-state index contributed by atoms with van der Waals surface area (Å²) in [5.74, 6) is -0.905. The summed E-state index contributed by atoms with van der Waals surface area (Å²) in [6, 6.07) is 5.46. The second kappa shape index (κ2) is 9.22. The highest BCUT2D eigenvalue weighted by Gasteiger charge is 2.19. The molecule has 1 aliphatic rings. The van der Waals surface area contributed by atoms with Gasteiger partial charge in [-0.2, -0.15) is 0 Å². The van der Waals surface area contributed by atoms with Gasteiger partial charge < -0.3 is 4.90 Å². The molecule has 0 aromatic heterocycles. The molecular formula is C18H22ClN3O3. The maximum atomic E-state index is 11.9. The van der Waals surface area contributed by atoms with Gasteiger partial charge in [-0.05, 0) is 43.0 Å². The third-order valence-corrected chi connectivity index (χ3v) is 4.36. The molecule has 1 fully saturated rings. The maximum Gasteiger partial charge on any atom is 0.262 e. The zero-order valence-corrected chi connectivity index (χ0v) is 14.9. The van der Waals surface area contributed by atoms with Gasteiger partial charge in [-0.1, -0.05) is 30.2 Å².